The Bertz CT molecular complexity index is 398. The van der Waals surface area contributed by atoms with Gasteiger partial charge in [-0.2, -0.15) is 0 Å². The van der Waals surface area contributed by atoms with Crippen molar-refractivity contribution in [3.63, 3.8) is 0 Å². The number of ether oxygens (including phenoxy) is 2. The van der Waals surface area contributed by atoms with Gasteiger partial charge in [-0.1, -0.05) is 36.8 Å². The van der Waals surface area contributed by atoms with Crippen LogP contribution >= 0.6 is 0 Å². The molecule has 1 aliphatic heterocycles. The van der Waals surface area contributed by atoms with Crippen LogP contribution in [-0.4, -0.2) is 32.5 Å². The van der Waals surface area contributed by atoms with E-state index in [1.165, 1.54) is 11.1 Å². The fourth-order valence-corrected chi connectivity index (χ4v) is 2.73. The van der Waals surface area contributed by atoms with Gasteiger partial charge in [0.2, 0.25) is 0 Å². The van der Waals surface area contributed by atoms with Crippen LogP contribution in [0.1, 0.15) is 43.9 Å². The molecule has 0 aromatic heterocycles. The standard InChI is InChI=1S/C18H29NO2/c1-4-10-19-18(17-7-5-14(2)6-8-17)15(3)21-13-16-9-11-20-12-16/h5-8,15-16,18-19H,4,9-13H2,1-3H3. The highest BCUT2D eigenvalue weighted by molar-refractivity contribution is 5.24. The summed E-state index contributed by atoms with van der Waals surface area (Å²) in [5, 5.41) is 3.62. The van der Waals surface area contributed by atoms with E-state index < -0.39 is 0 Å². The topological polar surface area (TPSA) is 30.5 Å². The van der Waals surface area contributed by atoms with Crippen molar-refractivity contribution < 1.29 is 9.47 Å². The van der Waals surface area contributed by atoms with Crippen molar-refractivity contribution in [3.05, 3.63) is 35.4 Å². The number of benzene rings is 1. The molecule has 2 rings (SSSR count). The molecule has 0 saturated carbocycles. The first-order valence-corrected chi connectivity index (χ1v) is 8.20. The Morgan fingerprint density at radius 1 is 1.33 bits per heavy atom. The summed E-state index contributed by atoms with van der Waals surface area (Å²) in [7, 11) is 0. The molecule has 1 N–H and O–H groups in total. The van der Waals surface area contributed by atoms with E-state index in [9.17, 15) is 0 Å². The molecule has 0 aliphatic carbocycles. The van der Waals surface area contributed by atoms with Gasteiger partial charge in [0.15, 0.2) is 0 Å². The smallest absolute Gasteiger partial charge is 0.0741 e. The van der Waals surface area contributed by atoms with E-state index in [-0.39, 0.29) is 12.1 Å². The number of nitrogens with one attached hydrogen (secondary N) is 1. The average Bonchev–Trinajstić information content (AvgIpc) is 3.00. The summed E-state index contributed by atoms with van der Waals surface area (Å²) in [5.74, 6) is 0.567. The van der Waals surface area contributed by atoms with Crippen LogP contribution in [0.25, 0.3) is 0 Å². The number of hydrogen-bond acceptors (Lipinski definition) is 3. The zero-order valence-electron chi connectivity index (χ0n) is 13.6. The van der Waals surface area contributed by atoms with Crippen LogP contribution < -0.4 is 5.32 Å². The number of aryl methyl sites for hydroxylation is 1. The highest BCUT2D eigenvalue weighted by Gasteiger charge is 2.22. The highest BCUT2D eigenvalue weighted by Crippen LogP contribution is 2.22. The summed E-state index contributed by atoms with van der Waals surface area (Å²) in [6, 6.07) is 9.02. The third-order valence-electron chi connectivity index (χ3n) is 4.14. The molecule has 0 amide bonds. The molecular formula is C18H29NO2. The fourth-order valence-electron chi connectivity index (χ4n) is 2.73. The maximum absolute atomic E-state index is 6.13. The van der Waals surface area contributed by atoms with Gasteiger partial charge in [-0.05, 0) is 38.8 Å². The number of hydrogen-bond donors (Lipinski definition) is 1. The molecule has 0 bridgehead atoms. The lowest BCUT2D eigenvalue weighted by Crippen LogP contribution is -2.33. The average molecular weight is 291 g/mol. The van der Waals surface area contributed by atoms with E-state index in [2.05, 4.69) is 50.4 Å². The number of rotatable bonds is 8. The zero-order chi connectivity index (χ0) is 15.1. The summed E-state index contributed by atoms with van der Waals surface area (Å²) in [6.45, 7) is 10.0. The van der Waals surface area contributed by atoms with Crippen molar-refractivity contribution in [2.24, 2.45) is 5.92 Å². The maximum atomic E-state index is 6.13. The van der Waals surface area contributed by atoms with Crippen molar-refractivity contribution in [3.8, 4) is 0 Å². The van der Waals surface area contributed by atoms with E-state index in [0.29, 0.717) is 5.92 Å². The molecule has 3 atom stereocenters. The van der Waals surface area contributed by atoms with E-state index >= 15 is 0 Å². The van der Waals surface area contributed by atoms with E-state index in [1.807, 2.05) is 0 Å². The summed E-state index contributed by atoms with van der Waals surface area (Å²) in [6.07, 6.45) is 2.43. The Kier molecular flexibility index (Phi) is 6.68. The van der Waals surface area contributed by atoms with E-state index in [4.69, 9.17) is 9.47 Å². The van der Waals surface area contributed by atoms with Crippen molar-refractivity contribution >= 4 is 0 Å². The third kappa shape index (κ3) is 5.10. The van der Waals surface area contributed by atoms with Gasteiger partial charge < -0.3 is 14.8 Å². The molecular weight excluding hydrogens is 262 g/mol. The van der Waals surface area contributed by atoms with Crippen LogP contribution in [0.15, 0.2) is 24.3 Å². The minimum Gasteiger partial charge on any atom is -0.381 e. The lowest BCUT2D eigenvalue weighted by molar-refractivity contribution is 0.0145. The van der Waals surface area contributed by atoms with Crippen LogP contribution in [0.2, 0.25) is 0 Å². The van der Waals surface area contributed by atoms with Crippen molar-refractivity contribution in [1.82, 2.24) is 5.32 Å². The molecule has 21 heavy (non-hydrogen) atoms. The predicted molar refractivity (Wildman–Crippen MR) is 86.6 cm³/mol. The van der Waals surface area contributed by atoms with Crippen LogP contribution in [0.3, 0.4) is 0 Å². The van der Waals surface area contributed by atoms with Gasteiger partial charge in [0.05, 0.1) is 25.4 Å². The lowest BCUT2D eigenvalue weighted by atomic mass is 10.0. The van der Waals surface area contributed by atoms with Crippen LogP contribution in [0.5, 0.6) is 0 Å². The normalized spacial score (nSPS) is 21.4. The van der Waals surface area contributed by atoms with Gasteiger partial charge >= 0.3 is 0 Å². The summed E-state index contributed by atoms with van der Waals surface area (Å²) in [4.78, 5) is 0. The minimum atomic E-state index is 0.167. The quantitative estimate of drug-likeness (QED) is 0.795. The van der Waals surface area contributed by atoms with Crippen LogP contribution in [0.4, 0.5) is 0 Å². The first-order chi connectivity index (χ1) is 10.2. The molecule has 3 nitrogen and oxygen atoms in total. The highest BCUT2D eigenvalue weighted by atomic mass is 16.5. The van der Waals surface area contributed by atoms with Crippen LogP contribution in [0, 0.1) is 12.8 Å². The van der Waals surface area contributed by atoms with Gasteiger partial charge in [0.25, 0.3) is 0 Å². The van der Waals surface area contributed by atoms with Gasteiger partial charge in [0.1, 0.15) is 0 Å². The molecule has 1 aromatic rings. The zero-order valence-corrected chi connectivity index (χ0v) is 13.6. The molecule has 1 heterocycles. The second-order valence-corrected chi connectivity index (χ2v) is 6.11. The summed E-state index contributed by atoms with van der Waals surface area (Å²) >= 11 is 0. The Morgan fingerprint density at radius 3 is 2.71 bits per heavy atom. The molecule has 3 unspecified atom stereocenters. The molecule has 1 fully saturated rings. The second-order valence-electron chi connectivity index (χ2n) is 6.11. The van der Waals surface area contributed by atoms with E-state index in [0.717, 1.165) is 39.2 Å². The van der Waals surface area contributed by atoms with Gasteiger partial charge in [0, 0.05) is 12.5 Å². The molecule has 1 aliphatic rings. The first-order valence-electron chi connectivity index (χ1n) is 8.20. The SMILES string of the molecule is CCCNC(c1ccc(C)cc1)C(C)OCC1CCOC1. The Morgan fingerprint density at radius 2 is 2.10 bits per heavy atom. The molecule has 0 spiro atoms. The molecule has 118 valence electrons. The van der Waals surface area contributed by atoms with Crippen LogP contribution in [-0.2, 0) is 9.47 Å². The third-order valence-corrected chi connectivity index (χ3v) is 4.14. The Labute approximate surface area is 129 Å². The van der Waals surface area contributed by atoms with Crippen molar-refractivity contribution in [2.75, 3.05) is 26.4 Å². The lowest BCUT2D eigenvalue weighted by Gasteiger charge is -2.27. The summed E-state index contributed by atoms with van der Waals surface area (Å²) < 4.78 is 11.5. The molecule has 3 heteroatoms. The van der Waals surface area contributed by atoms with Crippen molar-refractivity contribution in [1.29, 1.82) is 0 Å². The largest absolute Gasteiger partial charge is 0.381 e. The van der Waals surface area contributed by atoms with Gasteiger partial charge in [-0.25, -0.2) is 0 Å². The minimum absolute atomic E-state index is 0.167. The predicted octanol–water partition coefficient (Wildman–Crippen LogP) is 3.48. The van der Waals surface area contributed by atoms with Crippen molar-refractivity contribution in [2.45, 2.75) is 45.8 Å². The molecule has 0 radical (unpaired) electrons. The molecule has 1 saturated heterocycles. The fraction of sp³-hybridized carbons (Fsp3) is 0.667. The second kappa shape index (κ2) is 8.52. The van der Waals surface area contributed by atoms with Gasteiger partial charge in [-0.3, -0.25) is 0 Å². The Hall–Kier alpha value is -0.900. The summed E-state index contributed by atoms with van der Waals surface area (Å²) in [5.41, 5.74) is 2.61. The molecule has 1 aromatic carbocycles. The maximum Gasteiger partial charge on any atom is 0.0741 e. The van der Waals surface area contributed by atoms with Gasteiger partial charge in [-0.15, -0.1) is 0 Å². The Balaban J connectivity index is 1.94. The monoisotopic (exact) mass is 291 g/mol. The van der Waals surface area contributed by atoms with E-state index in [1.54, 1.807) is 0 Å². The first kappa shape index (κ1) is 16.5.